The van der Waals surface area contributed by atoms with Crippen LogP contribution in [0.5, 0.6) is 0 Å². The molecule has 24 heavy (non-hydrogen) atoms. The standard InChI is InChI=1S/C16H13N5O3/c1-23-8-15-19-12-6-11(3-4-13(12)24-15)18-16(22)10-2-5-14-20-17-9-21(14)7-10/h2-7,9H,8H2,1H3,(H,18,22). The monoisotopic (exact) mass is 323 g/mol. The van der Waals surface area contributed by atoms with E-state index in [1.54, 1.807) is 54.4 Å². The summed E-state index contributed by atoms with van der Waals surface area (Å²) in [5.74, 6) is 0.264. The summed E-state index contributed by atoms with van der Waals surface area (Å²) in [6.45, 7) is 0.301. The van der Waals surface area contributed by atoms with Gasteiger partial charge in [-0.25, -0.2) is 4.98 Å². The van der Waals surface area contributed by atoms with E-state index >= 15 is 0 Å². The van der Waals surface area contributed by atoms with Crippen LogP contribution in [0.3, 0.4) is 0 Å². The predicted octanol–water partition coefficient (Wildman–Crippen LogP) is 2.27. The van der Waals surface area contributed by atoms with E-state index in [-0.39, 0.29) is 5.91 Å². The van der Waals surface area contributed by atoms with Crippen LogP contribution in [0, 0.1) is 0 Å². The quantitative estimate of drug-likeness (QED) is 0.619. The molecule has 0 aliphatic rings. The van der Waals surface area contributed by atoms with Crippen molar-refractivity contribution in [3.63, 3.8) is 0 Å². The number of anilines is 1. The molecule has 0 radical (unpaired) electrons. The molecule has 1 N–H and O–H groups in total. The molecule has 0 aliphatic carbocycles. The number of carbonyl (C=O) groups is 1. The van der Waals surface area contributed by atoms with Crippen molar-refractivity contribution in [2.24, 2.45) is 0 Å². The number of hydrogen-bond acceptors (Lipinski definition) is 6. The summed E-state index contributed by atoms with van der Waals surface area (Å²) >= 11 is 0. The third-order valence-electron chi connectivity index (χ3n) is 3.51. The van der Waals surface area contributed by atoms with Crippen LogP contribution in [0.2, 0.25) is 0 Å². The average Bonchev–Trinajstić information content (AvgIpc) is 3.19. The van der Waals surface area contributed by atoms with Gasteiger partial charge in [0, 0.05) is 19.0 Å². The lowest BCUT2D eigenvalue weighted by atomic mass is 10.2. The minimum absolute atomic E-state index is 0.231. The predicted molar refractivity (Wildman–Crippen MR) is 85.7 cm³/mol. The third-order valence-corrected chi connectivity index (χ3v) is 3.51. The van der Waals surface area contributed by atoms with Crippen LogP contribution in [0.4, 0.5) is 5.69 Å². The zero-order valence-electron chi connectivity index (χ0n) is 12.8. The normalized spacial score (nSPS) is 11.2. The molecule has 1 amide bonds. The molecule has 0 bridgehead atoms. The number of benzene rings is 1. The average molecular weight is 323 g/mol. The first kappa shape index (κ1) is 14.3. The van der Waals surface area contributed by atoms with Gasteiger partial charge in [0.2, 0.25) is 5.89 Å². The number of nitrogens with zero attached hydrogens (tertiary/aromatic N) is 4. The molecular weight excluding hydrogens is 310 g/mol. The van der Waals surface area contributed by atoms with Gasteiger partial charge in [0.1, 0.15) is 18.5 Å². The summed E-state index contributed by atoms with van der Waals surface area (Å²) in [4.78, 5) is 16.7. The highest BCUT2D eigenvalue weighted by Gasteiger charge is 2.10. The van der Waals surface area contributed by atoms with Crippen molar-refractivity contribution in [3.05, 3.63) is 54.3 Å². The van der Waals surface area contributed by atoms with Crippen LogP contribution in [-0.4, -0.2) is 32.6 Å². The number of fused-ring (bicyclic) bond motifs is 2. The molecule has 3 aromatic heterocycles. The summed E-state index contributed by atoms with van der Waals surface area (Å²) in [6.07, 6.45) is 3.22. The number of hydrogen-bond donors (Lipinski definition) is 1. The summed E-state index contributed by atoms with van der Waals surface area (Å²) in [5, 5.41) is 10.5. The first-order valence-electron chi connectivity index (χ1n) is 7.22. The highest BCUT2D eigenvalue weighted by Crippen LogP contribution is 2.21. The summed E-state index contributed by atoms with van der Waals surface area (Å²) in [6, 6.07) is 8.72. The first-order chi connectivity index (χ1) is 11.7. The molecule has 8 heteroatoms. The van der Waals surface area contributed by atoms with E-state index in [4.69, 9.17) is 9.15 Å². The maximum atomic E-state index is 12.4. The smallest absolute Gasteiger partial charge is 0.257 e. The Labute approximate surface area is 136 Å². The molecule has 120 valence electrons. The molecule has 4 aromatic rings. The van der Waals surface area contributed by atoms with Crippen LogP contribution < -0.4 is 5.32 Å². The molecule has 0 atom stereocenters. The van der Waals surface area contributed by atoms with Crippen molar-refractivity contribution in [2.45, 2.75) is 6.61 Å². The molecule has 0 saturated heterocycles. The molecule has 8 nitrogen and oxygen atoms in total. The molecular formula is C16H13N5O3. The second-order valence-electron chi connectivity index (χ2n) is 5.19. The summed E-state index contributed by atoms with van der Waals surface area (Å²) in [5.41, 5.74) is 3.12. The molecule has 4 rings (SSSR count). The van der Waals surface area contributed by atoms with Crippen molar-refractivity contribution in [1.29, 1.82) is 0 Å². The van der Waals surface area contributed by atoms with Gasteiger partial charge in [0.25, 0.3) is 5.91 Å². The maximum absolute atomic E-state index is 12.4. The highest BCUT2D eigenvalue weighted by molar-refractivity contribution is 6.04. The van der Waals surface area contributed by atoms with Crippen LogP contribution in [0.15, 0.2) is 47.3 Å². The van der Waals surface area contributed by atoms with Crippen LogP contribution >= 0.6 is 0 Å². The molecule has 0 unspecified atom stereocenters. The lowest BCUT2D eigenvalue weighted by Crippen LogP contribution is -2.12. The van der Waals surface area contributed by atoms with E-state index in [1.807, 2.05) is 0 Å². The van der Waals surface area contributed by atoms with Crippen LogP contribution in [0.25, 0.3) is 16.7 Å². The Morgan fingerprint density at radius 3 is 3.12 bits per heavy atom. The Bertz CT molecular complexity index is 1040. The highest BCUT2D eigenvalue weighted by atomic mass is 16.5. The zero-order chi connectivity index (χ0) is 16.5. The van der Waals surface area contributed by atoms with E-state index in [9.17, 15) is 4.79 Å². The van der Waals surface area contributed by atoms with E-state index in [0.29, 0.717) is 40.5 Å². The van der Waals surface area contributed by atoms with Crippen molar-refractivity contribution in [1.82, 2.24) is 19.6 Å². The minimum Gasteiger partial charge on any atom is -0.438 e. The van der Waals surface area contributed by atoms with E-state index in [2.05, 4.69) is 20.5 Å². The third kappa shape index (κ3) is 2.59. The molecule has 0 aliphatic heterocycles. The number of rotatable bonds is 4. The Hall–Kier alpha value is -3.26. The van der Waals surface area contributed by atoms with E-state index in [0.717, 1.165) is 0 Å². The topological polar surface area (TPSA) is 94.5 Å². The van der Waals surface area contributed by atoms with Crippen molar-refractivity contribution >= 4 is 28.3 Å². The summed E-state index contributed by atoms with van der Waals surface area (Å²) in [7, 11) is 1.58. The van der Waals surface area contributed by atoms with Crippen LogP contribution in [0.1, 0.15) is 16.2 Å². The van der Waals surface area contributed by atoms with Crippen molar-refractivity contribution < 1.29 is 13.9 Å². The molecule has 0 saturated carbocycles. The SMILES string of the molecule is COCc1nc2cc(NC(=O)c3ccc4nncn4c3)ccc2o1. The van der Waals surface area contributed by atoms with Gasteiger partial charge in [-0.1, -0.05) is 0 Å². The second kappa shape index (κ2) is 5.74. The van der Waals surface area contributed by atoms with Crippen molar-refractivity contribution in [2.75, 3.05) is 12.4 Å². The van der Waals surface area contributed by atoms with E-state index in [1.165, 1.54) is 0 Å². The number of amides is 1. The largest absolute Gasteiger partial charge is 0.438 e. The lowest BCUT2D eigenvalue weighted by molar-refractivity contribution is 0.102. The number of aromatic nitrogens is 4. The minimum atomic E-state index is -0.231. The number of methoxy groups -OCH3 is 1. The maximum Gasteiger partial charge on any atom is 0.257 e. The van der Waals surface area contributed by atoms with E-state index < -0.39 is 0 Å². The van der Waals surface area contributed by atoms with Gasteiger partial charge in [0.05, 0.1) is 5.56 Å². The van der Waals surface area contributed by atoms with Gasteiger partial charge in [-0.2, -0.15) is 0 Å². The molecule has 3 heterocycles. The van der Waals surface area contributed by atoms with Crippen LogP contribution in [-0.2, 0) is 11.3 Å². The molecule has 0 spiro atoms. The number of carbonyl (C=O) groups excluding carboxylic acids is 1. The second-order valence-corrected chi connectivity index (χ2v) is 5.19. The number of pyridine rings is 1. The zero-order valence-corrected chi connectivity index (χ0v) is 12.8. The fourth-order valence-corrected chi connectivity index (χ4v) is 2.40. The van der Waals surface area contributed by atoms with Crippen molar-refractivity contribution in [3.8, 4) is 0 Å². The fraction of sp³-hybridized carbons (Fsp3) is 0.125. The lowest BCUT2D eigenvalue weighted by Gasteiger charge is -2.05. The van der Waals surface area contributed by atoms with Gasteiger partial charge in [-0.3, -0.25) is 9.20 Å². The molecule has 0 fully saturated rings. The van der Waals surface area contributed by atoms with Gasteiger partial charge in [0.15, 0.2) is 11.2 Å². The molecule has 1 aromatic carbocycles. The number of oxazole rings is 1. The van der Waals surface area contributed by atoms with Gasteiger partial charge in [-0.05, 0) is 30.3 Å². The Kier molecular flexibility index (Phi) is 3.43. The number of nitrogens with one attached hydrogen (secondary N) is 1. The van der Waals surface area contributed by atoms with Gasteiger partial charge >= 0.3 is 0 Å². The van der Waals surface area contributed by atoms with Gasteiger partial charge in [-0.15, -0.1) is 10.2 Å². The Morgan fingerprint density at radius 2 is 2.25 bits per heavy atom. The Morgan fingerprint density at radius 1 is 1.33 bits per heavy atom. The van der Waals surface area contributed by atoms with Gasteiger partial charge < -0.3 is 14.5 Å². The fourth-order valence-electron chi connectivity index (χ4n) is 2.40. The first-order valence-corrected chi connectivity index (χ1v) is 7.22. The summed E-state index contributed by atoms with van der Waals surface area (Å²) < 4.78 is 12.2. The Balaban J connectivity index is 1.59. The number of ether oxygens (including phenoxy) is 1.